The number of nitrogens with one attached hydrogen (secondary N) is 2. The Morgan fingerprint density at radius 3 is 2.88 bits per heavy atom. The van der Waals surface area contributed by atoms with E-state index in [1.54, 1.807) is 6.20 Å². The van der Waals surface area contributed by atoms with Crippen LogP contribution in [0.25, 0.3) is 0 Å². The molecular weight excluding hydrogens is 202 g/mol. The maximum absolute atomic E-state index is 11.3. The molecule has 2 N–H and O–H groups in total. The largest absolute Gasteiger partial charge is 0.354 e. The number of hydrogen-bond donors (Lipinski definition) is 2. The van der Waals surface area contributed by atoms with Crippen LogP contribution in [0.1, 0.15) is 45.4 Å². The Labute approximate surface area is 96.9 Å². The summed E-state index contributed by atoms with van der Waals surface area (Å²) < 4.78 is 0. The predicted octanol–water partition coefficient (Wildman–Crippen LogP) is 2.04. The minimum absolute atomic E-state index is 0.160. The zero-order chi connectivity index (χ0) is 11.8. The quantitative estimate of drug-likeness (QED) is 0.695. The SMILES string of the molecule is CC(C)NC(=O)CCCCCc1ncc[nH]1. The van der Waals surface area contributed by atoms with Crippen molar-refractivity contribution in [2.75, 3.05) is 0 Å². The lowest BCUT2D eigenvalue weighted by molar-refractivity contribution is -0.121. The predicted molar refractivity (Wildman–Crippen MR) is 64.0 cm³/mol. The van der Waals surface area contributed by atoms with Gasteiger partial charge in [0.25, 0.3) is 0 Å². The minimum atomic E-state index is 0.160. The van der Waals surface area contributed by atoms with Crippen molar-refractivity contribution < 1.29 is 4.79 Å². The van der Waals surface area contributed by atoms with Crippen LogP contribution in [0.5, 0.6) is 0 Å². The Bertz CT molecular complexity index is 293. The lowest BCUT2D eigenvalue weighted by atomic mass is 10.1. The summed E-state index contributed by atoms with van der Waals surface area (Å²) in [5.74, 6) is 1.19. The number of rotatable bonds is 7. The maximum atomic E-state index is 11.3. The van der Waals surface area contributed by atoms with Gasteiger partial charge in [-0.15, -0.1) is 0 Å². The first-order valence-electron chi connectivity index (χ1n) is 5.96. The summed E-state index contributed by atoms with van der Waals surface area (Å²) in [4.78, 5) is 18.5. The van der Waals surface area contributed by atoms with Crippen LogP contribution in [0.15, 0.2) is 12.4 Å². The first kappa shape index (κ1) is 12.7. The fraction of sp³-hybridized carbons (Fsp3) is 0.667. The molecule has 0 fully saturated rings. The van der Waals surface area contributed by atoms with E-state index in [2.05, 4.69) is 15.3 Å². The van der Waals surface area contributed by atoms with Crippen molar-refractivity contribution in [2.24, 2.45) is 0 Å². The number of aromatic nitrogens is 2. The molecule has 0 radical (unpaired) electrons. The maximum Gasteiger partial charge on any atom is 0.220 e. The number of imidazole rings is 1. The Morgan fingerprint density at radius 2 is 2.25 bits per heavy atom. The highest BCUT2D eigenvalue weighted by Crippen LogP contribution is 2.04. The van der Waals surface area contributed by atoms with Crippen LogP contribution < -0.4 is 5.32 Å². The van der Waals surface area contributed by atoms with Crippen molar-refractivity contribution >= 4 is 5.91 Å². The third-order valence-corrected chi connectivity index (χ3v) is 2.32. The van der Waals surface area contributed by atoms with E-state index in [1.165, 1.54) is 0 Å². The van der Waals surface area contributed by atoms with Gasteiger partial charge in [0.15, 0.2) is 0 Å². The molecule has 0 atom stereocenters. The van der Waals surface area contributed by atoms with Crippen LogP contribution in [-0.2, 0) is 11.2 Å². The van der Waals surface area contributed by atoms with Crippen LogP contribution in [0.2, 0.25) is 0 Å². The first-order chi connectivity index (χ1) is 7.68. The van der Waals surface area contributed by atoms with Crippen LogP contribution in [0, 0.1) is 0 Å². The number of carbonyl (C=O) groups excluding carboxylic acids is 1. The van der Waals surface area contributed by atoms with Gasteiger partial charge in [-0.25, -0.2) is 4.98 Å². The molecule has 1 rings (SSSR count). The monoisotopic (exact) mass is 223 g/mol. The fourth-order valence-corrected chi connectivity index (χ4v) is 1.58. The summed E-state index contributed by atoms with van der Waals surface area (Å²) in [6.07, 6.45) is 8.33. The second kappa shape index (κ2) is 7.04. The van der Waals surface area contributed by atoms with E-state index in [-0.39, 0.29) is 11.9 Å². The summed E-state index contributed by atoms with van der Waals surface area (Å²) in [6, 6.07) is 0.246. The number of aryl methyl sites for hydroxylation is 1. The number of amides is 1. The van der Waals surface area contributed by atoms with Crippen LogP contribution in [0.4, 0.5) is 0 Å². The highest BCUT2D eigenvalue weighted by atomic mass is 16.1. The van der Waals surface area contributed by atoms with Crippen molar-refractivity contribution in [3.8, 4) is 0 Å². The van der Waals surface area contributed by atoms with Crippen molar-refractivity contribution in [1.29, 1.82) is 0 Å². The Hall–Kier alpha value is -1.32. The average molecular weight is 223 g/mol. The van der Waals surface area contributed by atoms with Gasteiger partial charge in [0, 0.05) is 31.3 Å². The van der Waals surface area contributed by atoms with E-state index in [9.17, 15) is 4.79 Å². The Morgan fingerprint density at radius 1 is 1.44 bits per heavy atom. The smallest absolute Gasteiger partial charge is 0.220 e. The van der Waals surface area contributed by atoms with Crippen molar-refractivity contribution in [1.82, 2.24) is 15.3 Å². The highest BCUT2D eigenvalue weighted by molar-refractivity contribution is 5.76. The molecule has 0 aliphatic rings. The van der Waals surface area contributed by atoms with Crippen molar-refractivity contribution in [3.63, 3.8) is 0 Å². The first-order valence-corrected chi connectivity index (χ1v) is 5.96. The lowest BCUT2D eigenvalue weighted by Crippen LogP contribution is -2.29. The van der Waals surface area contributed by atoms with Gasteiger partial charge in [-0.05, 0) is 26.7 Å². The minimum Gasteiger partial charge on any atom is -0.354 e. The number of H-pyrrole nitrogens is 1. The molecule has 1 aromatic heterocycles. The number of nitrogens with zero attached hydrogens (tertiary/aromatic N) is 1. The molecule has 0 aliphatic carbocycles. The third-order valence-electron chi connectivity index (χ3n) is 2.32. The van der Waals surface area contributed by atoms with Gasteiger partial charge in [-0.3, -0.25) is 4.79 Å². The molecule has 4 nitrogen and oxygen atoms in total. The van der Waals surface area contributed by atoms with Crippen LogP contribution in [0.3, 0.4) is 0 Å². The Kier molecular flexibility index (Phi) is 5.61. The molecule has 0 aliphatic heterocycles. The molecule has 0 bridgehead atoms. The summed E-state index contributed by atoms with van der Waals surface area (Å²) in [6.45, 7) is 3.96. The van der Waals surface area contributed by atoms with Gasteiger partial charge in [0.2, 0.25) is 5.91 Å². The molecular formula is C12H21N3O. The molecule has 90 valence electrons. The lowest BCUT2D eigenvalue weighted by Gasteiger charge is -2.07. The Balaban J connectivity index is 1.98. The fourth-order valence-electron chi connectivity index (χ4n) is 1.58. The average Bonchev–Trinajstić information content (AvgIpc) is 2.68. The van der Waals surface area contributed by atoms with Crippen molar-refractivity contribution in [2.45, 2.75) is 52.0 Å². The van der Waals surface area contributed by atoms with E-state index >= 15 is 0 Å². The molecule has 1 heterocycles. The van der Waals surface area contributed by atoms with E-state index in [0.717, 1.165) is 31.5 Å². The van der Waals surface area contributed by atoms with Crippen LogP contribution >= 0.6 is 0 Å². The topological polar surface area (TPSA) is 57.8 Å². The molecule has 0 aromatic carbocycles. The van der Waals surface area contributed by atoms with Gasteiger partial charge < -0.3 is 10.3 Å². The van der Waals surface area contributed by atoms with Crippen LogP contribution in [-0.4, -0.2) is 21.9 Å². The van der Waals surface area contributed by atoms with Gasteiger partial charge >= 0.3 is 0 Å². The number of hydrogen-bond acceptors (Lipinski definition) is 2. The summed E-state index contributed by atoms with van der Waals surface area (Å²) >= 11 is 0. The van der Waals surface area contributed by atoms with E-state index in [0.29, 0.717) is 6.42 Å². The number of carbonyl (C=O) groups is 1. The summed E-state index contributed by atoms with van der Waals surface area (Å²) in [5, 5.41) is 2.89. The second-order valence-electron chi connectivity index (χ2n) is 4.32. The highest BCUT2D eigenvalue weighted by Gasteiger charge is 2.02. The molecule has 16 heavy (non-hydrogen) atoms. The van der Waals surface area contributed by atoms with Gasteiger partial charge in [0.1, 0.15) is 5.82 Å². The van der Waals surface area contributed by atoms with E-state index in [1.807, 2.05) is 20.0 Å². The van der Waals surface area contributed by atoms with Gasteiger partial charge in [-0.1, -0.05) is 6.42 Å². The molecule has 1 aromatic rings. The number of unbranched alkanes of at least 4 members (excludes halogenated alkanes) is 2. The molecule has 1 amide bonds. The second-order valence-corrected chi connectivity index (χ2v) is 4.32. The van der Waals surface area contributed by atoms with E-state index < -0.39 is 0 Å². The standard InChI is InChI=1S/C12H21N3O/c1-10(2)15-12(16)7-5-3-4-6-11-13-8-9-14-11/h8-10H,3-7H2,1-2H3,(H,13,14)(H,15,16). The number of aromatic amines is 1. The molecule has 0 saturated heterocycles. The van der Waals surface area contributed by atoms with Crippen molar-refractivity contribution in [3.05, 3.63) is 18.2 Å². The molecule has 4 heteroatoms. The normalized spacial score (nSPS) is 10.7. The van der Waals surface area contributed by atoms with Gasteiger partial charge in [0.05, 0.1) is 0 Å². The summed E-state index contributed by atoms with van der Waals surface area (Å²) in [7, 11) is 0. The summed E-state index contributed by atoms with van der Waals surface area (Å²) in [5.41, 5.74) is 0. The molecule has 0 saturated carbocycles. The van der Waals surface area contributed by atoms with Gasteiger partial charge in [-0.2, -0.15) is 0 Å². The third kappa shape index (κ3) is 5.53. The molecule has 0 unspecified atom stereocenters. The van der Waals surface area contributed by atoms with E-state index in [4.69, 9.17) is 0 Å². The molecule has 0 spiro atoms. The zero-order valence-corrected chi connectivity index (χ0v) is 10.1. The zero-order valence-electron chi connectivity index (χ0n) is 10.1.